The van der Waals surface area contributed by atoms with Crippen molar-refractivity contribution in [2.24, 2.45) is 11.7 Å². The van der Waals surface area contributed by atoms with Crippen molar-refractivity contribution in [2.45, 2.75) is 51.6 Å². The second-order valence-electron chi connectivity index (χ2n) is 4.83. The number of rotatable bonds is 8. The van der Waals surface area contributed by atoms with E-state index in [1.807, 2.05) is 0 Å². The van der Waals surface area contributed by atoms with Gasteiger partial charge in [0, 0.05) is 19.6 Å². The van der Waals surface area contributed by atoms with E-state index in [2.05, 4.69) is 12.2 Å². The molecule has 1 heterocycles. The minimum absolute atomic E-state index is 0.149. The van der Waals surface area contributed by atoms with E-state index in [0.717, 1.165) is 45.3 Å². The predicted molar refractivity (Wildman–Crippen MR) is 68.7 cm³/mol. The zero-order valence-electron chi connectivity index (χ0n) is 10.9. The van der Waals surface area contributed by atoms with Crippen LogP contribution in [0.15, 0.2) is 0 Å². The molecule has 1 amide bonds. The van der Waals surface area contributed by atoms with Gasteiger partial charge in [-0.1, -0.05) is 13.3 Å². The highest BCUT2D eigenvalue weighted by Gasteiger charge is 2.16. The lowest BCUT2D eigenvalue weighted by molar-refractivity contribution is -0.121. The third kappa shape index (κ3) is 6.03. The van der Waals surface area contributed by atoms with Crippen LogP contribution >= 0.6 is 0 Å². The number of hydrogen-bond acceptors (Lipinski definition) is 3. The largest absolute Gasteiger partial charge is 0.376 e. The van der Waals surface area contributed by atoms with Crippen molar-refractivity contribution in [1.82, 2.24) is 5.32 Å². The zero-order chi connectivity index (χ0) is 12.5. The molecule has 2 atom stereocenters. The molecule has 1 rings (SSSR count). The number of nitrogens with one attached hydrogen (secondary N) is 1. The summed E-state index contributed by atoms with van der Waals surface area (Å²) in [5, 5.41) is 2.95. The van der Waals surface area contributed by atoms with Crippen LogP contribution in [0.3, 0.4) is 0 Å². The molecule has 1 aliphatic heterocycles. The molecule has 0 saturated carbocycles. The van der Waals surface area contributed by atoms with E-state index in [0.29, 0.717) is 18.9 Å². The summed E-state index contributed by atoms with van der Waals surface area (Å²) in [6.45, 7) is 4.39. The fraction of sp³-hybridized carbons (Fsp3) is 0.923. The average molecular weight is 242 g/mol. The number of carbonyl (C=O) groups excluding carboxylic acids is 1. The quantitative estimate of drug-likeness (QED) is 0.677. The Morgan fingerprint density at radius 1 is 1.53 bits per heavy atom. The van der Waals surface area contributed by atoms with Gasteiger partial charge < -0.3 is 15.8 Å². The van der Waals surface area contributed by atoms with Gasteiger partial charge in [-0.15, -0.1) is 0 Å². The minimum atomic E-state index is 0.149. The standard InChI is InChI=1S/C13H26N2O2/c1-2-11(7-8-14)5-6-13(16)15-10-12-4-3-9-17-12/h11-12H,2-10,14H2,1H3,(H,15,16). The number of carbonyl (C=O) groups is 1. The van der Waals surface area contributed by atoms with Crippen LogP contribution in [0.2, 0.25) is 0 Å². The second-order valence-corrected chi connectivity index (χ2v) is 4.83. The van der Waals surface area contributed by atoms with Gasteiger partial charge in [-0.25, -0.2) is 0 Å². The molecule has 100 valence electrons. The summed E-state index contributed by atoms with van der Waals surface area (Å²) >= 11 is 0. The van der Waals surface area contributed by atoms with Crippen molar-refractivity contribution in [1.29, 1.82) is 0 Å². The maximum absolute atomic E-state index is 11.6. The molecule has 0 radical (unpaired) electrons. The molecule has 4 nitrogen and oxygen atoms in total. The Hall–Kier alpha value is -0.610. The first-order valence-corrected chi connectivity index (χ1v) is 6.84. The third-order valence-electron chi connectivity index (χ3n) is 3.48. The zero-order valence-corrected chi connectivity index (χ0v) is 10.9. The molecule has 0 aromatic heterocycles. The molecular formula is C13H26N2O2. The van der Waals surface area contributed by atoms with Crippen molar-refractivity contribution in [2.75, 3.05) is 19.7 Å². The summed E-state index contributed by atoms with van der Waals surface area (Å²) in [6, 6.07) is 0. The van der Waals surface area contributed by atoms with Gasteiger partial charge in [0.2, 0.25) is 5.91 Å². The van der Waals surface area contributed by atoms with Crippen molar-refractivity contribution in [3.8, 4) is 0 Å². The number of amides is 1. The predicted octanol–water partition coefficient (Wildman–Crippen LogP) is 1.44. The lowest BCUT2D eigenvalue weighted by atomic mass is 9.96. The van der Waals surface area contributed by atoms with Crippen LogP contribution < -0.4 is 11.1 Å². The van der Waals surface area contributed by atoms with Crippen LogP contribution in [0.4, 0.5) is 0 Å². The molecule has 0 aliphatic carbocycles. The second kappa shape index (κ2) is 8.48. The Morgan fingerprint density at radius 3 is 2.94 bits per heavy atom. The summed E-state index contributed by atoms with van der Waals surface area (Å²) in [6.07, 6.45) is 6.13. The highest BCUT2D eigenvalue weighted by atomic mass is 16.5. The first kappa shape index (κ1) is 14.5. The summed E-state index contributed by atoms with van der Waals surface area (Å²) < 4.78 is 5.46. The van der Waals surface area contributed by atoms with Gasteiger partial charge >= 0.3 is 0 Å². The maximum Gasteiger partial charge on any atom is 0.220 e. The smallest absolute Gasteiger partial charge is 0.220 e. The minimum Gasteiger partial charge on any atom is -0.376 e. The third-order valence-corrected chi connectivity index (χ3v) is 3.48. The highest BCUT2D eigenvalue weighted by Crippen LogP contribution is 2.14. The van der Waals surface area contributed by atoms with Gasteiger partial charge in [-0.05, 0) is 38.1 Å². The number of ether oxygens (including phenoxy) is 1. The molecule has 0 spiro atoms. The lowest BCUT2D eigenvalue weighted by Crippen LogP contribution is -2.31. The van der Waals surface area contributed by atoms with Gasteiger partial charge in [-0.3, -0.25) is 4.79 Å². The van der Waals surface area contributed by atoms with Crippen LogP contribution in [0, 0.1) is 5.92 Å². The Balaban J connectivity index is 2.07. The van der Waals surface area contributed by atoms with Crippen molar-refractivity contribution < 1.29 is 9.53 Å². The Bertz CT molecular complexity index is 215. The van der Waals surface area contributed by atoms with E-state index in [4.69, 9.17) is 10.5 Å². The van der Waals surface area contributed by atoms with E-state index < -0.39 is 0 Å². The molecule has 2 unspecified atom stereocenters. The maximum atomic E-state index is 11.6. The molecule has 1 aliphatic rings. The van der Waals surface area contributed by atoms with Crippen LogP contribution in [-0.2, 0) is 9.53 Å². The summed E-state index contributed by atoms with van der Waals surface area (Å²) in [4.78, 5) is 11.6. The summed E-state index contributed by atoms with van der Waals surface area (Å²) in [5.41, 5.74) is 5.54. The molecule has 17 heavy (non-hydrogen) atoms. The fourth-order valence-corrected chi connectivity index (χ4v) is 2.24. The van der Waals surface area contributed by atoms with Gasteiger partial charge in [0.1, 0.15) is 0 Å². The number of nitrogens with two attached hydrogens (primary N) is 1. The lowest BCUT2D eigenvalue weighted by Gasteiger charge is -2.14. The number of hydrogen-bond donors (Lipinski definition) is 2. The van der Waals surface area contributed by atoms with Crippen molar-refractivity contribution >= 4 is 5.91 Å². The highest BCUT2D eigenvalue weighted by molar-refractivity contribution is 5.75. The molecule has 0 aromatic rings. The van der Waals surface area contributed by atoms with E-state index in [1.165, 1.54) is 0 Å². The van der Waals surface area contributed by atoms with Gasteiger partial charge in [0.05, 0.1) is 6.10 Å². The molecule has 0 aromatic carbocycles. The first-order chi connectivity index (χ1) is 8.26. The molecule has 3 N–H and O–H groups in total. The van der Waals surface area contributed by atoms with Crippen LogP contribution in [-0.4, -0.2) is 31.7 Å². The van der Waals surface area contributed by atoms with Crippen LogP contribution in [0.1, 0.15) is 45.4 Å². The molecular weight excluding hydrogens is 216 g/mol. The van der Waals surface area contributed by atoms with E-state index >= 15 is 0 Å². The van der Waals surface area contributed by atoms with Crippen LogP contribution in [0.5, 0.6) is 0 Å². The van der Waals surface area contributed by atoms with Crippen molar-refractivity contribution in [3.63, 3.8) is 0 Å². The molecule has 4 heteroatoms. The molecule has 1 fully saturated rings. The topological polar surface area (TPSA) is 64.4 Å². The molecule has 1 saturated heterocycles. The van der Waals surface area contributed by atoms with E-state index in [9.17, 15) is 4.79 Å². The SMILES string of the molecule is CCC(CCN)CCC(=O)NCC1CCCO1. The molecule has 0 bridgehead atoms. The van der Waals surface area contributed by atoms with Crippen LogP contribution in [0.25, 0.3) is 0 Å². The normalized spacial score (nSPS) is 21.4. The van der Waals surface area contributed by atoms with Crippen molar-refractivity contribution in [3.05, 3.63) is 0 Å². The van der Waals surface area contributed by atoms with Gasteiger partial charge in [0.15, 0.2) is 0 Å². The summed E-state index contributed by atoms with van der Waals surface area (Å²) in [7, 11) is 0. The Labute approximate surface area is 104 Å². The van der Waals surface area contributed by atoms with E-state index in [-0.39, 0.29) is 12.0 Å². The van der Waals surface area contributed by atoms with Gasteiger partial charge in [0.25, 0.3) is 0 Å². The first-order valence-electron chi connectivity index (χ1n) is 6.84. The monoisotopic (exact) mass is 242 g/mol. The van der Waals surface area contributed by atoms with E-state index in [1.54, 1.807) is 0 Å². The fourth-order valence-electron chi connectivity index (χ4n) is 2.24. The average Bonchev–Trinajstić information content (AvgIpc) is 2.85. The van der Waals surface area contributed by atoms with Gasteiger partial charge in [-0.2, -0.15) is 0 Å². The Morgan fingerprint density at radius 2 is 2.35 bits per heavy atom. The Kier molecular flexibility index (Phi) is 7.21. The summed E-state index contributed by atoms with van der Waals surface area (Å²) in [5.74, 6) is 0.740.